The number of Topliss-reactive ketones (excluding diaryl/α,β-unsaturated/α-hetero) is 1. The number of hydrogen-bond acceptors (Lipinski definition) is 4. The molecule has 3 aliphatic rings. The van der Waals surface area contributed by atoms with Gasteiger partial charge < -0.3 is 4.90 Å². The summed E-state index contributed by atoms with van der Waals surface area (Å²) in [5, 5.41) is 0. The molecule has 31 heavy (non-hydrogen) atoms. The maximum Gasteiger partial charge on any atom is 0.235 e. The number of rotatable bonds is 5. The Morgan fingerprint density at radius 3 is 2.52 bits per heavy atom. The van der Waals surface area contributed by atoms with Crippen LogP contribution < -0.4 is 4.90 Å². The van der Waals surface area contributed by atoms with Gasteiger partial charge in [0.15, 0.2) is 5.78 Å². The van der Waals surface area contributed by atoms with Gasteiger partial charge in [-0.3, -0.25) is 19.3 Å². The van der Waals surface area contributed by atoms with Gasteiger partial charge in [-0.2, -0.15) is 0 Å². The summed E-state index contributed by atoms with van der Waals surface area (Å²) in [5.41, 5.74) is 2.42. The summed E-state index contributed by atoms with van der Waals surface area (Å²) in [5.74, 6) is -1.66. The minimum atomic E-state index is -0.703. The summed E-state index contributed by atoms with van der Waals surface area (Å²) in [4.78, 5) is 44.0. The smallest absolute Gasteiger partial charge is 0.235 e. The van der Waals surface area contributed by atoms with E-state index in [1.807, 2.05) is 60.4 Å². The molecular formula is C25H23BrN2O3. The monoisotopic (exact) mass is 478 g/mol. The van der Waals surface area contributed by atoms with Crippen LogP contribution in [-0.2, 0) is 9.59 Å². The topological polar surface area (TPSA) is 57.7 Å². The number of carbonyl (C=O) groups is 3. The number of likely N-dealkylation sites (tertiary alicyclic amines) is 1. The average molecular weight is 479 g/mol. The number of anilines is 1. The van der Waals surface area contributed by atoms with Gasteiger partial charge in [-0.05, 0) is 30.2 Å². The zero-order valence-electron chi connectivity index (χ0n) is 17.2. The lowest BCUT2D eigenvalue weighted by Crippen LogP contribution is -2.48. The summed E-state index contributed by atoms with van der Waals surface area (Å²) in [6.45, 7) is 2.46. The van der Waals surface area contributed by atoms with E-state index in [4.69, 9.17) is 0 Å². The first-order chi connectivity index (χ1) is 15.0. The van der Waals surface area contributed by atoms with Gasteiger partial charge in [0, 0.05) is 22.3 Å². The van der Waals surface area contributed by atoms with E-state index < -0.39 is 17.9 Å². The maximum absolute atomic E-state index is 13.7. The van der Waals surface area contributed by atoms with Crippen LogP contribution in [0.25, 0.3) is 6.08 Å². The lowest BCUT2D eigenvalue weighted by molar-refractivity contribution is -0.140. The fourth-order valence-corrected chi connectivity index (χ4v) is 5.59. The van der Waals surface area contributed by atoms with E-state index in [2.05, 4.69) is 15.9 Å². The number of imide groups is 1. The summed E-state index contributed by atoms with van der Waals surface area (Å²) >= 11 is 3.51. The van der Waals surface area contributed by atoms with Crippen LogP contribution >= 0.6 is 15.9 Å². The molecule has 5 nitrogen and oxygen atoms in total. The SMILES string of the molecule is CCCCN1C(=O)[C@@H]2[C@H](C1=O)[C@H](C(=O)c1ccccc1)N1c3ccc(Br)cc3C=C[C@@H]21. The Bertz CT molecular complexity index is 1100. The summed E-state index contributed by atoms with van der Waals surface area (Å²) in [6, 6.07) is 14.0. The van der Waals surface area contributed by atoms with Crippen molar-refractivity contribution in [1.82, 2.24) is 4.90 Å². The minimum Gasteiger partial charge on any atom is -0.352 e. The minimum absolute atomic E-state index is 0.110. The zero-order chi connectivity index (χ0) is 21.7. The lowest BCUT2D eigenvalue weighted by Gasteiger charge is -2.36. The Labute approximate surface area is 189 Å². The molecule has 5 rings (SSSR count). The van der Waals surface area contributed by atoms with E-state index in [9.17, 15) is 14.4 Å². The normalized spacial score (nSPS) is 26.1. The number of fused-ring (bicyclic) bond motifs is 5. The molecule has 0 unspecified atom stereocenters. The lowest BCUT2D eigenvalue weighted by atomic mass is 9.86. The molecule has 2 aromatic rings. The van der Waals surface area contributed by atoms with Crippen molar-refractivity contribution in [2.45, 2.75) is 31.8 Å². The molecule has 0 N–H and O–H groups in total. The molecule has 0 aliphatic carbocycles. The first-order valence-corrected chi connectivity index (χ1v) is 11.5. The second-order valence-corrected chi connectivity index (χ2v) is 9.28. The predicted octanol–water partition coefficient (Wildman–Crippen LogP) is 4.32. The van der Waals surface area contributed by atoms with Gasteiger partial charge >= 0.3 is 0 Å². The van der Waals surface area contributed by atoms with Gasteiger partial charge in [0.05, 0.1) is 17.9 Å². The molecule has 3 aliphatic heterocycles. The van der Waals surface area contributed by atoms with Gasteiger partial charge in [-0.15, -0.1) is 0 Å². The van der Waals surface area contributed by atoms with Crippen LogP contribution in [0.5, 0.6) is 0 Å². The molecule has 158 valence electrons. The second kappa shape index (κ2) is 7.75. The Morgan fingerprint density at radius 1 is 1.03 bits per heavy atom. The van der Waals surface area contributed by atoms with E-state index in [-0.39, 0.29) is 23.6 Å². The van der Waals surface area contributed by atoms with Crippen molar-refractivity contribution < 1.29 is 14.4 Å². The highest BCUT2D eigenvalue weighted by Crippen LogP contribution is 2.49. The predicted molar refractivity (Wildman–Crippen MR) is 123 cm³/mol. The molecule has 0 aromatic heterocycles. The number of hydrogen-bond donors (Lipinski definition) is 0. The van der Waals surface area contributed by atoms with E-state index in [0.29, 0.717) is 12.1 Å². The Balaban J connectivity index is 1.63. The number of amides is 2. The first-order valence-electron chi connectivity index (χ1n) is 10.7. The Hall–Kier alpha value is -2.73. The highest BCUT2D eigenvalue weighted by Gasteiger charge is 2.63. The van der Waals surface area contributed by atoms with Crippen LogP contribution in [-0.4, -0.2) is 41.1 Å². The van der Waals surface area contributed by atoms with E-state index in [0.717, 1.165) is 28.6 Å². The van der Waals surface area contributed by atoms with Gasteiger partial charge in [-0.1, -0.05) is 71.8 Å². The number of nitrogens with zero attached hydrogens (tertiary/aromatic N) is 2. The van der Waals surface area contributed by atoms with Crippen LogP contribution in [0.2, 0.25) is 0 Å². The molecule has 0 radical (unpaired) electrons. The first kappa shape index (κ1) is 20.2. The second-order valence-electron chi connectivity index (χ2n) is 8.37. The van der Waals surface area contributed by atoms with Crippen molar-refractivity contribution in [3.8, 4) is 0 Å². The van der Waals surface area contributed by atoms with Gasteiger partial charge in [0.1, 0.15) is 6.04 Å². The van der Waals surface area contributed by atoms with Crippen molar-refractivity contribution in [2.75, 3.05) is 11.4 Å². The number of carbonyl (C=O) groups excluding carboxylic acids is 3. The number of halogens is 1. The van der Waals surface area contributed by atoms with Crippen LogP contribution in [0, 0.1) is 11.8 Å². The molecule has 2 aromatic carbocycles. The van der Waals surface area contributed by atoms with Crippen molar-refractivity contribution in [3.63, 3.8) is 0 Å². The Morgan fingerprint density at radius 2 is 1.77 bits per heavy atom. The van der Waals surface area contributed by atoms with Gasteiger partial charge in [0.2, 0.25) is 11.8 Å². The molecular weight excluding hydrogens is 456 g/mol. The van der Waals surface area contributed by atoms with E-state index in [1.165, 1.54) is 4.90 Å². The van der Waals surface area contributed by atoms with E-state index >= 15 is 0 Å². The van der Waals surface area contributed by atoms with Gasteiger partial charge in [-0.25, -0.2) is 0 Å². The number of benzene rings is 2. The van der Waals surface area contributed by atoms with Crippen LogP contribution in [0.1, 0.15) is 35.7 Å². The maximum atomic E-state index is 13.7. The van der Waals surface area contributed by atoms with Crippen molar-refractivity contribution in [2.24, 2.45) is 11.8 Å². The molecule has 0 bridgehead atoms. The third-order valence-corrected chi connectivity index (χ3v) is 7.11. The quantitative estimate of drug-likeness (QED) is 0.474. The third kappa shape index (κ3) is 3.07. The molecule has 4 atom stereocenters. The fraction of sp³-hybridized carbons (Fsp3) is 0.320. The molecule has 2 fully saturated rings. The van der Waals surface area contributed by atoms with Crippen molar-refractivity contribution in [3.05, 3.63) is 70.2 Å². The van der Waals surface area contributed by atoms with Gasteiger partial charge in [0.25, 0.3) is 0 Å². The Kier molecular flexibility index (Phi) is 5.05. The number of ketones is 1. The van der Waals surface area contributed by atoms with Crippen molar-refractivity contribution in [1.29, 1.82) is 0 Å². The highest BCUT2D eigenvalue weighted by molar-refractivity contribution is 9.10. The molecule has 6 heteroatoms. The summed E-state index contributed by atoms with van der Waals surface area (Å²) in [6.07, 6.45) is 5.66. The fourth-order valence-electron chi connectivity index (χ4n) is 5.22. The van der Waals surface area contributed by atoms with Crippen molar-refractivity contribution >= 4 is 45.3 Å². The van der Waals surface area contributed by atoms with Crippen LogP contribution in [0.3, 0.4) is 0 Å². The average Bonchev–Trinajstić information content (AvgIpc) is 3.25. The van der Waals surface area contributed by atoms with E-state index in [1.54, 1.807) is 12.1 Å². The molecule has 3 heterocycles. The third-order valence-electron chi connectivity index (χ3n) is 6.62. The van der Waals surface area contributed by atoms with Crippen LogP contribution in [0.4, 0.5) is 5.69 Å². The van der Waals surface area contributed by atoms with Crippen LogP contribution in [0.15, 0.2) is 59.1 Å². The molecule has 0 spiro atoms. The molecule has 0 saturated carbocycles. The standard InChI is InChI=1S/C25H23BrN2O3/c1-2-3-13-27-24(30)20-19-11-9-16-14-17(26)10-12-18(16)28(19)22(21(20)25(27)31)23(29)15-7-5-4-6-8-15/h4-12,14,19-22H,2-3,13H2,1H3/t19-,20-,21-,22+/m0/s1. The largest absolute Gasteiger partial charge is 0.352 e. The summed E-state index contributed by atoms with van der Waals surface area (Å²) < 4.78 is 0.942. The highest BCUT2D eigenvalue weighted by atomic mass is 79.9. The molecule has 2 amide bonds. The zero-order valence-corrected chi connectivity index (χ0v) is 18.8. The molecule has 2 saturated heterocycles. The summed E-state index contributed by atoms with van der Waals surface area (Å²) in [7, 11) is 0. The number of unbranched alkanes of at least 4 members (excludes halogenated alkanes) is 1.